The second kappa shape index (κ2) is 7.47. The monoisotopic (exact) mass is 357 g/mol. The average Bonchev–Trinajstić information content (AvgIpc) is 2.45. The van der Waals surface area contributed by atoms with Crippen LogP contribution in [0.2, 0.25) is 10.0 Å². The van der Waals surface area contributed by atoms with Gasteiger partial charge in [-0.3, -0.25) is 0 Å². The van der Waals surface area contributed by atoms with Crippen LogP contribution in [0.15, 0.2) is 53.4 Å². The van der Waals surface area contributed by atoms with Crippen LogP contribution in [0.3, 0.4) is 0 Å². The normalized spacial score (nSPS) is 13.0. The van der Waals surface area contributed by atoms with Crippen molar-refractivity contribution in [3.05, 3.63) is 64.1 Å². The van der Waals surface area contributed by atoms with E-state index in [4.69, 9.17) is 23.2 Å². The Morgan fingerprint density at radius 3 is 2.18 bits per heavy atom. The number of nitrogens with one attached hydrogen (secondary N) is 1. The lowest BCUT2D eigenvalue weighted by Gasteiger charge is -2.15. The van der Waals surface area contributed by atoms with Crippen molar-refractivity contribution in [1.29, 1.82) is 0 Å². The van der Waals surface area contributed by atoms with Gasteiger partial charge in [-0.15, -0.1) is 0 Å². The summed E-state index contributed by atoms with van der Waals surface area (Å²) in [7, 11) is -3.74. The van der Waals surface area contributed by atoms with Gasteiger partial charge in [0.2, 0.25) is 10.0 Å². The molecule has 6 heteroatoms. The van der Waals surface area contributed by atoms with E-state index in [0.29, 0.717) is 6.42 Å². The first kappa shape index (κ1) is 17.3. The van der Waals surface area contributed by atoms with Gasteiger partial charge in [-0.25, -0.2) is 13.1 Å². The predicted octanol–water partition coefficient (Wildman–Crippen LogP) is 4.29. The molecule has 0 unspecified atom stereocenters. The minimum Gasteiger partial charge on any atom is -0.208 e. The van der Waals surface area contributed by atoms with Crippen LogP contribution in [-0.2, 0) is 16.4 Å². The highest BCUT2D eigenvalue weighted by atomic mass is 35.5. The van der Waals surface area contributed by atoms with E-state index >= 15 is 0 Å². The van der Waals surface area contributed by atoms with E-state index < -0.39 is 10.0 Å². The summed E-state index contributed by atoms with van der Waals surface area (Å²) in [4.78, 5) is -0.0649. The van der Waals surface area contributed by atoms with E-state index in [-0.39, 0.29) is 21.0 Å². The first-order chi connectivity index (χ1) is 10.4. The van der Waals surface area contributed by atoms with Crippen molar-refractivity contribution < 1.29 is 8.42 Å². The van der Waals surface area contributed by atoms with Gasteiger partial charge < -0.3 is 0 Å². The second-order valence-electron chi connectivity index (χ2n) is 5.10. The molecule has 0 spiro atoms. The lowest BCUT2D eigenvalue weighted by atomic mass is 10.1. The van der Waals surface area contributed by atoms with Crippen LogP contribution in [0, 0.1) is 0 Å². The number of hydrogen-bond donors (Lipinski definition) is 1. The molecule has 0 heterocycles. The van der Waals surface area contributed by atoms with Gasteiger partial charge in [-0.2, -0.15) is 0 Å². The Labute approximate surface area is 141 Å². The van der Waals surface area contributed by atoms with E-state index in [1.165, 1.54) is 17.7 Å². The Morgan fingerprint density at radius 2 is 1.59 bits per heavy atom. The third kappa shape index (κ3) is 4.46. The molecule has 0 saturated heterocycles. The molecule has 0 aromatic heterocycles. The third-order valence-corrected chi connectivity index (χ3v) is 5.80. The summed E-state index contributed by atoms with van der Waals surface area (Å²) in [6.07, 6.45) is 1.48. The fraction of sp³-hybridized carbons (Fsp3) is 0.250. The Kier molecular flexibility index (Phi) is 5.87. The average molecular weight is 358 g/mol. The fourth-order valence-corrected chi connectivity index (χ4v) is 4.57. The molecule has 2 aromatic rings. The van der Waals surface area contributed by atoms with Gasteiger partial charge in [0.25, 0.3) is 0 Å². The minimum atomic E-state index is -3.74. The van der Waals surface area contributed by atoms with Gasteiger partial charge >= 0.3 is 0 Å². The molecule has 22 heavy (non-hydrogen) atoms. The van der Waals surface area contributed by atoms with Crippen molar-refractivity contribution in [2.75, 3.05) is 0 Å². The van der Waals surface area contributed by atoms with Gasteiger partial charge in [-0.05, 0) is 37.5 Å². The van der Waals surface area contributed by atoms with Crippen LogP contribution in [0.1, 0.15) is 18.9 Å². The van der Waals surface area contributed by atoms with Crippen molar-refractivity contribution >= 4 is 33.2 Å². The van der Waals surface area contributed by atoms with E-state index in [1.807, 2.05) is 37.3 Å². The standard InChI is InChI=1S/C16H17Cl2NO2S/c1-12(10-11-13-6-3-2-4-7-13)19-22(20,21)16-14(17)8-5-9-15(16)18/h2-9,12,19H,10-11H2,1H3/t12-/m1/s1. The number of rotatable bonds is 6. The van der Waals surface area contributed by atoms with E-state index in [1.54, 1.807) is 6.07 Å². The van der Waals surface area contributed by atoms with Gasteiger partial charge in [0.15, 0.2) is 0 Å². The van der Waals surface area contributed by atoms with Crippen molar-refractivity contribution in [3.8, 4) is 0 Å². The third-order valence-electron chi connectivity index (χ3n) is 3.25. The summed E-state index contributed by atoms with van der Waals surface area (Å²) in [6.45, 7) is 1.82. The number of hydrogen-bond acceptors (Lipinski definition) is 2. The van der Waals surface area contributed by atoms with Crippen LogP contribution in [0.5, 0.6) is 0 Å². The van der Waals surface area contributed by atoms with Crippen molar-refractivity contribution in [1.82, 2.24) is 4.72 Å². The van der Waals surface area contributed by atoms with Gasteiger partial charge in [0, 0.05) is 6.04 Å². The molecular formula is C16H17Cl2NO2S. The predicted molar refractivity (Wildman–Crippen MR) is 91.0 cm³/mol. The highest BCUT2D eigenvalue weighted by Gasteiger charge is 2.23. The first-order valence-corrected chi connectivity index (χ1v) is 9.14. The summed E-state index contributed by atoms with van der Waals surface area (Å²) in [6, 6.07) is 14.3. The number of sulfonamides is 1. The molecule has 0 bridgehead atoms. The smallest absolute Gasteiger partial charge is 0.208 e. The highest BCUT2D eigenvalue weighted by molar-refractivity contribution is 7.89. The van der Waals surface area contributed by atoms with Crippen LogP contribution in [-0.4, -0.2) is 14.5 Å². The molecule has 2 aromatic carbocycles. The maximum Gasteiger partial charge on any atom is 0.243 e. The Hall–Kier alpha value is -1.07. The van der Waals surface area contributed by atoms with Crippen LogP contribution >= 0.6 is 23.2 Å². The zero-order chi connectivity index (χ0) is 16.2. The van der Waals surface area contributed by atoms with Crippen LogP contribution in [0.25, 0.3) is 0 Å². The number of aryl methyl sites for hydroxylation is 1. The quantitative estimate of drug-likeness (QED) is 0.837. The molecule has 2 rings (SSSR count). The summed E-state index contributed by atoms with van der Waals surface area (Å²) in [5, 5.41) is 0.241. The lowest BCUT2D eigenvalue weighted by molar-refractivity contribution is 0.547. The maximum atomic E-state index is 12.4. The van der Waals surface area contributed by atoms with Gasteiger partial charge in [-0.1, -0.05) is 59.6 Å². The Morgan fingerprint density at radius 1 is 1.00 bits per heavy atom. The molecule has 118 valence electrons. The zero-order valence-electron chi connectivity index (χ0n) is 12.1. The maximum absolute atomic E-state index is 12.4. The van der Waals surface area contributed by atoms with Crippen molar-refractivity contribution in [2.45, 2.75) is 30.7 Å². The summed E-state index contributed by atoms with van der Waals surface area (Å²) >= 11 is 11.9. The first-order valence-electron chi connectivity index (χ1n) is 6.90. The fourth-order valence-electron chi connectivity index (χ4n) is 2.15. The molecule has 0 aliphatic carbocycles. The van der Waals surface area contributed by atoms with Crippen LogP contribution < -0.4 is 4.72 Å². The molecule has 0 aliphatic rings. The molecule has 0 fully saturated rings. The van der Waals surface area contributed by atoms with Gasteiger partial charge in [0.05, 0.1) is 10.0 Å². The van der Waals surface area contributed by atoms with Crippen molar-refractivity contribution in [3.63, 3.8) is 0 Å². The minimum absolute atomic E-state index is 0.0649. The molecular weight excluding hydrogens is 341 g/mol. The van der Waals surface area contributed by atoms with E-state index in [0.717, 1.165) is 6.42 Å². The Bertz CT molecular complexity index is 713. The highest BCUT2D eigenvalue weighted by Crippen LogP contribution is 2.29. The van der Waals surface area contributed by atoms with Gasteiger partial charge in [0.1, 0.15) is 4.90 Å². The summed E-state index contributed by atoms with van der Waals surface area (Å²) < 4.78 is 27.5. The number of halogens is 2. The molecule has 0 aliphatic heterocycles. The van der Waals surface area contributed by atoms with E-state index in [9.17, 15) is 8.42 Å². The zero-order valence-corrected chi connectivity index (χ0v) is 14.4. The molecule has 0 amide bonds. The van der Waals surface area contributed by atoms with E-state index in [2.05, 4.69) is 4.72 Å². The molecule has 1 atom stereocenters. The van der Waals surface area contributed by atoms with Crippen molar-refractivity contribution in [2.24, 2.45) is 0 Å². The summed E-state index contributed by atoms with van der Waals surface area (Å²) in [5.41, 5.74) is 1.17. The summed E-state index contributed by atoms with van der Waals surface area (Å²) in [5.74, 6) is 0. The Balaban J connectivity index is 2.05. The largest absolute Gasteiger partial charge is 0.243 e. The lowest BCUT2D eigenvalue weighted by Crippen LogP contribution is -2.33. The molecule has 0 saturated carbocycles. The van der Waals surface area contributed by atoms with Crippen LogP contribution in [0.4, 0.5) is 0 Å². The molecule has 1 N–H and O–H groups in total. The molecule has 3 nitrogen and oxygen atoms in total. The number of benzene rings is 2. The second-order valence-corrected chi connectivity index (χ2v) is 7.56. The molecule has 0 radical (unpaired) electrons. The SMILES string of the molecule is C[C@H](CCc1ccccc1)NS(=O)(=O)c1c(Cl)cccc1Cl. The topological polar surface area (TPSA) is 46.2 Å².